The van der Waals surface area contributed by atoms with E-state index in [-0.39, 0.29) is 5.91 Å². The molecule has 3 rings (SSSR count). The lowest BCUT2D eigenvalue weighted by atomic mass is 10.2. The molecule has 1 aromatic carbocycles. The van der Waals surface area contributed by atoms with Crippen LogP contribution in [-0.4, -0.2) is 74.1 Å². The van der Waals surface area contributed by atoms with Crippen LogP contribution in [0.4, 0.5) is 11.6 Å². The summed E-state index contributed by atoms with van der Waals surface area (Å²) < 4.78 is 0. The normalized spacial score (nSPS) is 14.5. The molecule has 2 heterocycles. The molecule has 0 spiro atoms. The van der Waals surface area contributed by atoms with Crippen molar-refractivity contribution >= 4 is 17.5 Å². The number of hydrogen-bond donors (Lipinski definition) is 1. The zero-order valence-corrected chi connectivity index (χ0v) is 16.1. The summed E-state index contributed by atoms with van der Waals surface area (Å²) in [6, 6.07) is 10.4. The van der Waals surface area contributed by atoms with Gasteiger partial charge in [-0.15, -0.1) is 0 Å². The van der Waals surface area contributed by atoms with E-state index in [4.69, 9.17) is 0 Å². The third-order valence-electron chi connectivity index (χ3n) is 4.65. The molecule has 7 nitrogen and oxygen atoms in total. The first kappa shape index (κ1) is 19.1. The quantitative estimate of drug-likeness (QED) is 0.747. The van der Waals surface area contributed by atoms with Gasteiger partial charge in [-0.1, -0.05) is 18.2 Å². The number of amides is 1. The van der Waals surface area contributed by atoms with E-state index in [1.807, 2.05) is 20.2 Å². The fourth-order valence-electron chi connectivity index (χ4n) is 3.10. The number of benzene rings is 1. The minimum absolute atomic E-state index is 0.116. The zero-order chi connectivity index (χ0) is 19.1. The van der Waals surface area contributed by atoms with Crippen LogP contribution in [0, 0.1) is 0 Å². The number of rotatable bonds is 7. The predicted molar refractivity (Wildman–Crippen MR) is 108 cm³/mol. The number of carbonyl (C=O) groups excluding carboxylic acids is 1. The average molecular weight is 368 g/mol. The summed E-state index contributed by atoms with van der Waals surface area (Å²) in [6.45, 7) is 5.20. The van der Waals surface area contributed by atoms with Crippen LogP contribution in [0.25, 0.3) is 0 Å². The molecule has 27 heavy (non-hydrogen) atoms. The monoisotopic (exact) mass is 368 g/mol. The molecule has 1 N–H and O–H groups in total. The van der Waals surface area contributed by atoms with Gasteiger partial charge in [-0.25, -0.2) is 9.97 Å². The second-order valence-electron chi connectivity index (χ2n) is 6.99. The first-order valence-corrected chi connectivity index (χ1v) is 9.43. The number of nitrogens with one attached hydrogen (secondary N) is 1. The molecule has 144 valence electrons. The van der Waals surface area contributed by atoms with Crippen molar-refractivity contribution < 1.29 is 4.79 Å². The number of aromatic nitrogens is 2. The van der Waals surface area contributed by atoms with Crippen LogP contribution in [-0.2, 0) is 0 Å². The van der Waals surface area contributed by atoms with Gasteiger partial charge in [0.1, 0.15) is 0 Å². The zero-order valence-electron chi connectivity index (χ0n) is 16.1. The highest BCUT2D eigenvalue weighted by atomic mass is 16.1. The van der Waals surface area contributed by atoms with Gasteiger partial charge < -0.3 is 20.0 Å². The first-order chi connectivity index (χ1) is 13.1. The molecule has 0 saturated carbocycles. The van der Waals surface area contributed by atoms with Gasteiger partial charge in [0, 0.05) is 50.8 Å². The molecule has 1 aliphatic rings. The standard InChI is InChI=1S/C20H28N6O/c1-24(2)10-6-9-21-19(27)17-15-22-20(23-16-17)26-13-11-25(12-14-26)18-7-4-3-5-8-18/h3-5,7-8,15-16H,6,9-14H2,1-2H3,(H,21,27). The summed E-state index contributed by atoms with van der Waals surface area (Å²) in [7, 11) is 4.04. The van der Waals surface area contributed by atoms with Crippen LogP contribution in [0.1, 0.15) is 16.8 Å². The van der Waals surface area contributed by atoms with E-state index in [0.717, 1.165) is 39.1 Å². The van der Waals surface area contributed by atoms with Crippen molar-refractivity contribution in [1.82, 2.24) is 20.2 Å². The van der Waals surface area contributed by atoms with Crippen molar-refractivity contribution in [1.29, 1.82) is 0 Å². The van der Waals surface area contributed by atoms with Crippen molar-refractivity contribution in [2.24, 2.45) is 0 Å². The maximum atomic E-state index is 12.2. The van der Waals surface area contributed by atoms with Gasteiger partial charge in [0.15, 0.2) is 0 Å². The Morgan fingerprint density at radius 1 is 1.04 bits per heavy atom. The molecule has 1 aromatic heterocycles. The summed E-state index contributed by atoms with van der Waals surface area (Å²) in [5.74, 6) is 0.570. The molecule has 0 aliphatic carbocycles. The van der Waals surface area contributed by atoms with Gasteiger partial charge in [-0.3, -0.25) is 4.79 Å². The van der Waals surface area contributed by atoms with E-state index in [1.165, 1.54) is 5.69 Å². The fraction of sp³-hybridized carbons (Fsp3) is 0.450. The van der Waals surface area contributed by atoms with E-state index in [0.29, 0.717) is 18.1 Å². The Morgan fingerprint density at radius 3 is 2.30 bits per heavy atom. The summed E-state index contributed by atoms with van der Waals surface area (Å²) >= 11 is 0. The molecule has 1 amide bonds. The third-order valence-corrected chi connectivity index (χ3v) is 4.65. The average Bonchev–Trinajstić information content (AvgIpc) is 2.72. The van der Waals surface area contributed by atoms with Crippen LogP contribution in [0.5, 0.6) is 0 Å². The molecule has 7 heteroatoms. The minimum Gasteiger partial charge on any atom is -0.368 e. The maximum absolute atomic E-state index is 12.2. The number of para-hydroxylation sites is 1. The van der Waals surface area contributed by atoms with Gasteiger partial charge in [0.05, 0.1) is 5.56 Å². The van der Waals surface area contributed by atoms with Crippen LogP contribution in [0.3, 0.4) is 0 Å². The molecule has 0 atom stereocenters. The molecule has 1 fully saturated rings. The van der Waals surface area contributed by atoms with Gasteiger partial charge in [0.25, 0.3) is 5.91 Å². The van der Waals surface area contributed by atoms with E-state index in [1.54, 1.807) is 12.4 Å². The van der Waals surface area contributed by atoms with Gasteiger partial charge >= 0.3 is 0 Å². The number of piperazine rings is 1. The molecule has 0 bridgehead atoms. The third kappa shape index (κ3) is 5.40. The second kappa shape index (κ2) is 9.32. The number of carbonyl (C=O) groups is 1. The van der Waals surface area contributed by atoms with Crippen molar-refractivity contribution in [3.05, 3.63) is 48.3 Å². The van der Waals surface area contributed by atoms with E-state index >= 15 is 0 Å². The van der Waals surface area contributed by atoms with E-state index in [9.17, 15) is 4.79 Å². The maximum Gasteiger partial charge on any atom is 0.254 e. The van der Waals surface area contributed by atoms with Crippen LogP contribution in [0.15, 0.2) is 42.7 Å². The lowest BCUT2D eigenvalue weighted by molar-refractivity contribution is 0.0951. The van der Waals surface area contributed by atoms with Gasteiger partial charge in [0.2, 0.25) is 5.95 Å². The Kier molecular flexibility index (Phi) is 6.59. The Balaban J connectivity index is 1.48. The predicted octanol–water partition coefficient (Wildman–Crippen LogP) is 1.48. The number of anilines is 2. The largest absolute Gasteiger partial charge is 0.368 e. The summed E-state index contributed by atoms with van der Waals surface area (Å²) in [6.07, 6.45) is 4.16. The van der Waals surface area contributed by atoms with E-state index in [2.05, 4.69) is 54.2 Å². The van der Waals surface area contributed by atoms with Gasteiger partial charge in [-0.05, 0) is 39.2 Å². The second-order valence-corrected chi connectivity index (χ2v) is 6.99. The van der Waals surface area contributed by atoms with Crippen molar-refractivity contribution in [2.75, 3.05) is 63.2 Å². The Labute approximate surface area is 161 Å². The highest BCUT2D eigenvalue weighted by molar-refractivity contribution is 5.93. The molecule has 0 radical (unpaired) electrons. The Bertz CT molecular complexity index is 711. The lowest BCUT2D eigenvalue weighted by Gasteiger charge is -2.36. The molecule has 1 saturated heterocycles. The molecule has 0 unspecified atom stereocenters. The lowest BCUT2D eigenvalue weighted by Crippen LogP contribution is -2.47. The Morgan fingerprint density at radius 2 is 1.67 bits per heavy atom. The first-order valence-electron chi connectivity index (χ1n) is 9.43. The van der Waals surface area contributed by atoms with Gasteiger partial charge in [-0.2, -0.15) is 0 Å². The summed E-state index contributed by atoms with van der Waals surface area (Å²) in [5.41, 5.74) is 1.76. The SMILES string of the molecule is CN(C)CCCNC(=O)c1cnc(N2CCN(c3ccccc3)CC2)nc1. The fourth-order valence-corrected chi connectivity index (χ4v) is 3.10. The van der Waals surface area contributed by atoms with Crippen molar-refractivity contribution in [3.8, 4) is 0 Å². The van der Waals surface area contributed by atoms with Crippen LogP contribution < -0.4 is 15.1 Å². The summed E-state index contributed by atoms with van der Waals surface area (Å²) in [5, 5.41) is 2.91. The summed E-state index contributed by atoms with van der Waals surface area (Å²) in [4.78, 5) is 27.6. The Hall–Kier alpha value is -2.67. The molecular formula is C20H28N6O. The van der Waals surface area contributed by atoms with Crippen molar-refractivity contribution in [2.45, 2.75) is 6.42 Å². The molecule has 2 aromatic rings. The topological polar surface area (TPSA) is 64.6 Å². The van der Waals surface area contributed by atoms with Crippen molar-refractivity contribution in [3.63, 3.8) is 0 Å². The highest BCUT2D eigenvalue weighted by Gasteiger charge is 2.19. The number of hydrogen-bond acceptors (Lipinski definition) is 6. The molecular weight excluding hydrogens is 340 g/mol. The van der Waals surface area contributed by atoms with Crippen LogP contribution in [0.2, 0.25) is 0 Å². The number of nitrogens with zero attached hydrogens (tertiary/aromatic N) is 5. The minimum atomic E-state index is -0.116. The van der Waals surface area contributed by atoms with E-state index < -0.39 is 0 Å². The molecule has 1 aliphatic heterocycles. The highest BCUT2D eigenvalue weighted by Crippen LogP contribution is 2.17. The smallest absolute Gasteiger partial charge is 0.254 e. The van der Waals surface area contributed by atoms with Crippen LogP contribution >= 0.6 is 0 Å².